The van der Waals surface area contributed by atoms with Crippen molar-refractivity contribution in [2.45, 2.75) is 13.5 Å². The molecule has 0 aliphatic heterocycles. The first-order valence-electron chi connectivity index (χ1n) is 5.91. The Morgan fingerprint density at radius 3 is 2.80 bits per heavy atom. The van der Waals surface area contributed by atoms with Gasteiger partial charge in [0.05, 0.1) is 4.92 Å². The first kappa shape index (κ1) is 14.8. The maximum absolute atomic E-state index is 11.0. The molecule has 0 bridgehead atoms. The molecule has 0 aromatic heterocycles. The Kier molecular flexibility index (Phi) is 4.62. The highest BCUT2D eigenvalue weighted by atomic mass is 79.9. The van der Waals surface area contributed by atoms with Crippen LogP contribution in [0.2, 0.25) is 5.02 Å². The lowest BCUT2D eigenvalue weighted by molar-refractivity contribution is -0.385. The van der Waals surface area contributed by atoms with E-state index in [-0.39, 0.29) is 10.6 Å². The minimum atomic E-state index is -0.381. The third-order valence-electron chi connectivity index (χ3n) is 2.98. The van der Waals surface area contributed by atoms with Crippen LogP contribution in [0.1, 0.15) is 11.1 Å². The van der Waals surface area contributed by atoms with Gasteiger partial charge in [0.15, 0.2) is 0 Å². The zero-order chi connectivity index (χ0) is 14.7. The molecule has 2 rings (SSSR count). The van der Waals surface area contributed by atoms with Crippen molar-refractivity contribution in [2.75, 3.05) is 5.32 Å². The number of nitro benzene ring substituents is 1. The van der Waals surface area contributed by atoms with Gasteiger partial charge in [-0.3, -0.25) is 10.1 Å². The van der Waals surface area contributed by atoms with E-state index in [2.05, 4.69) is 21.2 Å². The van der Waals surface area contributed by atoms with Gasteiger partial charge in [-0.15, -0.1) is 0 Å². The number of halogens is 2. The molecule has 0 spiro atoms. The minimum Gasteiger partial charge on any atom is -0.380 e. The highest BCUT2D eigenvalue weighted by Crippen LogP contribution is 2.26. The predicted molar refractivity (Wildman–Crippen MR) is 84.3 cm³/mol. The fraction of sp³-hybridized carbons (Fsp3) is 0.143. The van der Waals surface area contributed by atoms with Gasteiger partial charge in [0, 0.05) is 33.4 Å². The molecule has 6 heteroatoms. The van der Waals surface area contributed by atoms with Gasteiger partial charge in [0.2, 0.25) is 0 Å². The largest absolute Gasteiger partial charge is 0.380 e. The van der Waals surface area contributed by atoms with E-state index in [1.807, 2.05) is 25.1 Å². The lowest BCUT2D eigenvalue weighted by atomic mass is 10.1. The zero-order valence-electron chi connectivity index (χ0n) is 10.7. The second kappa shape index (κ2) is 6.24. The van der Waals surface area contributed by atoms with Gasteiger partial charge in [-0.25, -0.2) is 0 Å². The summed E-state index contributed by atoms with van der Waals surface area (Å²) in [4.78, 5) is 10.6. The molecule has 0 radical (unpaired) electrons. The minimum absolute atomic E-state index is 0.0976. The monoisotopic (exact) mass is 354 g/mol. The Labute approximate surface area is 130 Å². The summed E-state index contributed by atoms with van der Waals surface area (Å²) < 4.78 is 0.808. The van der Waals surface area contributed by atoms with E-state index in [4.69, 9.17) is 11.6 Å². The summed E-state index contributed by atoms with van der Waals surface area (Å²) in [5.74, 6) is 0. The summed E-state index contributed by atoms with van der Waals surface area (Å²) in [6.07, 6.45) is 0. The summed E-state index contributed by atoms with van der Waals surface area (Å²) in [7, 11) is 0. The van der Waals surface area contributed by atoms with Crippen molar-refractivity contribution in [2.24, 2.45) is 0 Å². The highest BCUT2D eigenvalue weighted by Gasteiger charge is 2.13. The summed E-state index contributed by atoms with van der Waals surface area (Å²) in [5, 5.41) is 14.9. The van der Waals surface area contributed by atoms with E-state index in [1.165, 1.54) is 6.07 Å². The Morgan fingerprint density at radius 1 is 1.35 bits per heavy atom. The van der Waals surface area contributed by atoms with Gasteiger partial charge in [0.25, 0.3) is 5.69 Å². The quantitative estimate of drug-likeness (QED) is 0.625. The molecule has 0 saturated carbocycles. The van der Waals surface area contributed by atoms with Crippen molar-refractivity contribution in [1.82, 2.24) is 0 Å². The average molecular weight is 356 g/mol. The molecule has 0 unspecified atom stereocenters. The molecule has 0 fully saturated rings. The van der Waals surface area contributed by atoms with Crippen LogP contribution in [-0.2, 0) is 6.54 Å². The topological polar surface area (TPSA) is 55.2 Å². The Bertz CT molecular complexity index is 662. The van der Waals surface area contributed by atoms with Crippen LogP contribution in [0.3, 0.4) is 0 Å². The van der Waals surface area contributed by atoms with E-state index in [1.54, 1.807) is 12.1 Å². The first-order valence-corrected chi connectivity index (χ1v) is 7.08. The van der Waals surface area contributed by atoms with E-state index in [0.29, 0.717) is 17.1 Å². The van der Waals surface area contributed by atoms with Crippen molar-refractivity contribution in [1.29, 1.82) is 0 Å². The Hall–Kier alpha value is -1.59. The molecule has 20 heavy (non-hydrogen) atoms. The van der Waals surface area contributed by atoms with E-state index < -0.39 is 0 Å². The van der Waals surface area contributed by atoms with Crippen LogP contribution >= 0.6 is 27.5 Å². The second-order valence-corrected chi connectivity index (χ2v) is 5.62. The van der Waals surface area contributed by atoms with Gasteiger partial charge in [-0.1, -0.05) is 33.6 Å². The first-order chi connectivity index (χ1) is 9.49. The molecule has 0 saturated heterocycles. The smallest absolute Gasteiger partial charge is 0.274 e. The molecule has 0 aliphatic rings. The molecule has 0 atom stereocenters. The Balaban J connectivity index is 2.24. The maximum atomic E-state index is 11.0. The molecule has 4 nitrogen and oxygen atoms in total. The third-order valence-corrected chi connectivity index (χ3v) is 3.88. The van der Waals surface area contributed by atoms with E-state index >= 15 is 0 Å². The fourth-order valence-electron chi connectivity index (χ4n) is 1.86. The van der Waals surface area contributed by atoms with Gasteiger partial charge >= 0.3 is 0 Å². The number of nitrogens with zero attached hydrogens (tertiary/aromatic N) is 1. The fourth-order valence-corrected chi connectivity index (χ4v) is 2.45. The number of nitro groups is 1. The van der Waals surface area contributed by atoms with Crippen LogP contribution in [0.25, 0.3) is 0 Å². The van der Waals surface area contributed by atoms with Gasteiger partial charge in [-0.2, -0.15) is 0 Å². The number of anilines is 1. The van der Waals surface area contributed by atoms with E-state index in [9.17, 15) is 10.1 Å². The molecule has 104 valence electrons. The molecule has 0 heterocycles. The molecular formula is C14H12BrClN2O2. The number of benzene rings is 2. The molecular weight excluding hydrogens is 344 g/mol. The van der Waals surface area contributed by atoms with Crippen LogP contribution in [-0.4, -0.2) is 4.92 Å². The second-order valence-electron chi connectivity index (χ2n) is 4.30. The third kappa shape index (κ3) is 3.29. The summed E-state index contributed by atoms with van der Waals surface area (Å²) in [6.45, 7) is 2.26. The number of hydrogen-bond acceptors (Lipinski definition) is 3. The lowest BCUT2D eigenvalue weighted by Gasteiger charge is -2.11. The van der Waals surface area contributed by atoms with Gasteiger partial charge < -0.3 is 5.32 Å². The normalized spacial score (nSPS) is 10.3. The van der Waals surface area contributed by atoms with Crippen molar-refractivity contribution in [3.63, 3.8) is 0 Å². The van der Waals surface area contributed by atoms with E-state index in [0.717, 1.165) is 15.7 Å². The highest BCUT2D eigenvalue weighted by molar-refractivity contribution is 9.10. The zero-order valence-corrected chi connectivity index (χ0v) is 13.0. The van der Waals surface area contributed by atoms with Gasteiger partial charge in [-0.05, 0) is 36.8 Å². The van der Waals surface area contributed by atoms with Crippen LogP contribution in [0.4, 0.5) is 11.4 Å². The number of hydrogen-bond donors (Lipinski definition) is 1. The standard InChI is InChI=1S/C14H12BrClN2O2/c1-9-12(16)3-2-4-13(9)17-8-10-7-11(15)5-6-14(10)18(19)20/h2-7,17H,8H2,1H3. The van der Waals surface area contributed by atoms with Crippen LogP contribution in [0.15, 0.2) is 40.9 Å². The average Bonchev–Trinajstić information content (AvgIpc) is 2.40. The lowest BCUT2D eigenvalue weighted by Crippen LogP contribution is -2.04. The van der Waals surface area contributed by atoms with Crippen LogP contribution in [0.5, 0.6) is 0 Å². The molecule has 1 N–H and O–H groups in total. The molecule has 2 aromatic rings. The van der Waals surface area contributed by atoms with Crippen molar-refractivity contribution >= 4 is 38.9 Å². The SMILES string of the molecule is Cc1c(Cl)cccc1NCc1cc(Br)ccc1[N+](=O)[O-]. The predicted octanol–water partition coefficient (Wildman–Crippen LogP) is 4.93. The Morgan fingerprint density at radius 2 is 2.10 bits per heavy atom. The summed E-state index contributed by atoms with van der Waals surface area (Å²) in [6, 6.07) is 10.4. The molecule has 0 aliphatic carbocycles. The van der Waals surface area contributed by atoms with Crippen molar-refractivity contribution in [3.8, 4) is 0 Å². The van der Waals surface area contributed by atoms with Crippen molar-refractivity contribution in [3.05, 3.63) is 67.1 Å². The van der Waals surface area contributed by atoms with Gasteiger partial charge in [0.1, 0.15) is 0 Å². The van der Waals surface area contributed by atoms with Crippen molar-refractivity contribution < 1.29 is 4.92 Å². The maximum Gasteiger partial charge on any atom is 0.274 e. The molecule has 0 amide bonds. The van der Waals surface area contributed by atoms with Crippen LogP contribution in [0, 0.1) is 17.0 Å². The molecule has 2 aromatic carbocycles. The summed E-state index contributed by atoms with van der Waals surface area (Å²) in [5.41, 5.74) is 2.50. The number of nitrogens with one attached hydrogen (secondary N) is 1. The summed E-state index contributed by atoms with van der Waals surface area (Å²) >= 11 is 9.37. The number of rotatable bonds is 4. The van der Waals surface area contributed by atoms with Crippen LogP contribution < -0.4 is 5.32 Å².